The van der Waals surface area contributed by atoms with Crippen molar-refractivity contribution in [1.82, 2.24) is 4.90 Å². The molecule has 1 saturated heterocycles. The number of nitrogens with two attached hydrogens (primary N) is 1. The molecule has 0 saturated carbocycles. The number of aliphatic hydroxyl groups is 1. The molecule has 2 rings (SSSR count). The van der Waals surface area contributed by atoms with Crippen LogP contribution >= 0.6 is 0 Å². The molecular weight excluding hydrogens is 240 g/mol. The van der Waals surface area contributed by atoms with Crippen LogP contribution in [0.1, 0.15) is 24.1 Å². The highest BCUT2D eigenvalue weighted by molar-refractivity contribution is 5.24. The number of ether oxygens (including phenoxy) is 1. The number of rotatable bonds is 4. The van der Waals surface area contributed by atoms with Gasteiger partial charge in [-0.2, -0.15) is 0 Å². The van der Waals surface area contributed by atoms with Crippen molar-refractivity contribution in [1.29, 1.82) is 0 Å². The van der Waals surface area contributed by atoms with Crippen LogP contribution in [-0.4, -0.2) is 48.5 Å². The average molecular weight is 264 g/mol. The largest absolute Gasteiger partial charge is 0.394 e. The van der Waals surface area contributed by atoms with E-state index in [1.54, 1.807) is 0 Å². The molecule has 1 aromatic carbocycles. The molecule has 0 aliphatic carbocycles. The Kier molecular flexibility index (Phi) is 4.93. The predicted molar refractivity (Wildman–Crippen MR) is 76.0 cm³/mol. The Balaban J connectivity index is 2.14. The van der Waals surface area contributed by atoms with E-state index in [0.29, 0.717) is 6.54 Å². The molecule has 0 aromatic heterocycles. The van der Waals surface area contributed by atoms with Crippen molar-refractivity contribution < 1.29 is 9.84 Å². The third-order valence-corrected chi connectivity index (χ3v) is 3.68. The first-order chi connectivity index (χ1) is 9.13. The Labute approximate surface area is 115 Å². The standard InChI is InChI=1S/C15H24N2O2/c1-11-3-5-13(6-4-11)15(7-16)17-8-12(2)19-14(9-17)10-18/h3-6,12,14-15,18H,7-10,16H2,1-2H3. The summed E-state index contributed by atoms with van der Waals surface area (Å²) in [5.41, 5.74) is 8.45. The molecule has 1 aromatic rings. The summed E-state index contributed by atoms with van der Waals surface area (Å²) in [4.78, 5) is 2.32. The first-order valence-electron chi connectivity index (χ1n) is 6.91. The van der Waals surface area contributed by atoms with Gasteiger partial charge < -0.3 is 15.6 Å². The summed E-state index contributed by atoms with van der Waals surface area (Å²) in [6, 6.07) is 8.71. The molecule has 0 spiro atoms. The molecule has 0 amide bonds. The lowest BCUT2D eigenvalue weighted by atomic mass is 10.0. The van der Waals surface area contributed by atoms with Crippen LogP contribution in [0, 0.1) is 6.92 Å². The lowest BCUT2D eigenvalue weighted by Crippen LogP contribution is -2.50. The summed E-state index contributed by atoms with van der Waals surface area (Å²) in [7, 11) is 0. The van der Waals surface area contributed by atoms with E-state index in [2.05, 4.69) is 36.1 Å². The minimum atomic E-state index is -0.108. The molecule has 3 unspecified atom stereocenters. The first-order valence-corrected chi connectivity index (χ1v) is 6.91. The van der Waals surface area contributed by atoms with Gasteiger partial charge in [0.05, 0.1) is 18.8 Å². The Morgan fingerprint density at radius 1 is 1.37 bits per heavy atom. The molecule has 1 aliphatic rings. The second kappa shape index (κ2) is 6.48. The fraction of sp³-hybridized carbons (Fsp3) is 0.600. The second-order valence-electron chi connectivity index (χ2n) is 5.37. The molecule has 1 fully saturated rings. The van der Waals surface area contributed by atoms with Crippen molar-refractivity contribution in [2.75, 3.05) is 26.2 Å². The maximum atomic E-state index is 9.31. The summed E-state index contributed by atoms with van der Waals surface area (Å²) in [6.45, 7) is 6.35. The zero-order valence-electron chi connectivity index (χ0n) is 11.7. The summed E-state index contributed by atoms with van der Waals surface area (Å²) in [5.74, 6) is 0. The van der Waals surface area contributed by atoms with Gasteiger partial charge in [-0.25, -0.2) is 0 Å². The summed E-state index contributed by atoms with van der Waals surface area (Å²) in [6.07, 6.45) is 0.0219. The number of aryl methyl sites for hydroxylation is 1. The molecule has 106 valence electrons. The number of aliphatic hydroxyl groups excluding tert-OH is 1. The first kappa shape index (κ1) is 14.5. The lowest BCUT2D eigenvalue weighted by molar-refractivity contribution is -0.105. The molecule has 19 heavy (non-hydrogen) atoms. The molecule has 1 heterocycles. The maximum Gasteiger partial charge on any atom is 0.0936 e. The van der Waals surface area contributed by atoms with Crippen molar-refractivity contribution in [2.24, 2.45) is 5.73 Å². The monoisotopic (exact) mass is 264 g/mol. The second-order valence-corrected chi connectivity index (χ2v) is 5.37. The van der Waals surface area contributed by atoms with E-state index in [9.17, 15) is 5.11 Å². The van der Waals surface area contributed by atoms with Gasteiger partial charge in [-0.05, 0) is 19.4 Å². The third-order valence-electron chi connectivity index (χ3n) is 3.68. The Bertz CT molecular complexity index is 394. The Hall–Kier alpha value is -0.940. The van der Waals surface area contributed by atoms with Crippen molar-refractivity contribution in [2.45, 2.75) is 32.1 Å². The van der Waals surface area contributed by atoms with Crippen molar-refractivity contribution in [3.8, 4) is 0 Å². The number of benzene rings is 1. The number of morpholine rings is 1. The van der Waals surface area contributed by atoms with Gasteiger partial charge in [-0.1, -0.05) is 29.8 Å². The molecule has 3 atom stereocenters. The Morgan fingerprint density at radius 2 is 2.05 bits per heavy atom. The number of hydrogen-bond donors (Lipinski definition) is 2. The smallest absolute Gasteiger partial charge is 0.0936 e. The maximum absolute atomic E-state index is 9.31. The van der Waals surface area contributed by atoms with E-state index in [4.69, 9.17) is 10.5 Å². The van der Waals surface area contributed by atoms with Gasteiger partial charge in [0.2, 0.25) is 0 Å². The normalized spacial score (nSPS) is 26.3. The fourth-order valence-electron chi connectivity index (χ4n) is 2.72. The predicted octanol–water partition coefficient (Wildman–Crippen LogP) is 1.08. The highest BCUT2D eigenvalue weighted by Gasteiger charge is 2.29. The van der Waals surface area contributed by atoms with Gasteiger partial charge >= 0.3 is 0 Å². The summed E-state index contributed by atoms with van der Waals surface area (Å²) in [5, 5.41) is 9.31. The SMILES string of the molecule is Cc1ccc(C(CN)N2CC(C)OC(CO)C2)cc1. The van der Waals surface area contributed by atoms with E-state index >= 15 is 0 Å². The molecule has 3 N–H and O–H groups in total. The van der Waals surface area contributed by atoms with Crippen LogP contribution in [-0.2, 0) is 4.74 Å². The fourth-order valence-corrected chi connectivity index (χ4v) is 2.72. The quantitative estimate of drug-likeness (QED) is 0.854. The lowest BCUT2D eigenvalue weighted by Gasteiger charge is -2.40. The van der Waals surface area contributed by atoms with Crippen molar-refractivity contribution >= 4 is 0 Å². The topological polar surface area (TPSA) is 58.7 Å². The van der Waals surface area contributed by atoms with Gasteiger partial charge in [0, 0.05) is 25.7 Å². The van der Waals surface area contributed by atoms with Crippen LogP contribution < -0.4 is 5.73 Å². The van der Waals surface area contributed by atoms with E-state index in [-0.39, 0.29) is 24.9 Å². The van der Waals surface area contributed by atoms with E-state index in [0.717, 1.165) is 13.1 Å². The number of hydrogen-bond acceptors (Lipinski definition) is 4. The molecule has 0 radical (unpaired) electrons. The van der Waals surface area contributed by atoms with Gasteiger partial charge in [0.25, 0.3) is 0 Å². The van der Waals surface area contributed by atoms with Crippen LogP contribution in [0.15, 0.2) is 24.3 Å². The number of nitrogens with zero attached hydrogens (tertiary/aromatic N) is 1. The summed E-state index contributed by atoms with van der Waals surface area (Å²) >= 11 is 0. The van der Waals surface area contributed by atoms with Crippen LogP contribution in [0.2, 0.25) is 0 Å². The highest BCUT2D eigenvalue weighted by atomic mass is 16.5. The minimum absolute atomic E-state index is 0.0615. The zero-order valence-corrected chi connectivity index (χ0v) is 11.7. The Morgan fingerprint density at radius 3 is 2.63 bits per heavy atom. The molecule has 4 nitrogen and oxygen atoms in total. The van der Waals surface area contributed by atoms with E-state index in [1.807, 2.05) is 6.92 Å². The molecule has 0 bridgehead atoms. The van der Waals surface area contributed by atoms with Crippen LogP contribution in [0.3, 0.4) is 0 Å². The van der Waals surface area contributed by atoms with E-state index in [1.165, 1.54) is 11.1 Å². The third kappa shape index (κ3) is 3.54. The van der Waals surface area contributed by atoms with Gasteiger partial charge in [0.15, 0.2) is 0 Å². The zero-order chi connectivity index (χ0) is 13.8. The van der Waals surface area contributed by atoms with E-state index < -0.39 is 0 Å². The average Bonchev–Trinajstić information content (AvgIpc) is 2.41. The summed E-state index contributed by atoms with van der Waals surface area (Å²) < 4.78 is 5.68. The van der Waals surface area contributed by atoms with Crippen LogP contribution in [0.25, 0.3) is 0 Å². The van der Waals surface area contributed by atoms with Gasteiger partial charge in [0.1, 0.15) is 0 Å². The highest BCUT2D eigenvalue weighted by Crippen LogP contribution is 2.24. The van der Waals surface area contributed by atoms with Crippen molar-refractivity contribution in [3.63, 3.8) is 0 Å². The van der Waals surface area contributed by atoms with Crippen molar-refractivity contribution in [3.05, 3.63) is 35.4 Å². The molecular formula is C15H24N2O2. The van der Waals surface area contributed by atoms with Gasteiger partial charge in [-0.15, -0.1) is 0 Å². The minimum Gasteiger partial charge on any atom is -0.394 e. The molecule has 4 heteroatoms. The van der Waals surface area contributed by atoms with Gasteiger partial charge in [-0.3, -0.25) is 4.90 Å². The van der Waals surface area contributed by atoms with Crippen LogP contribution in [0.5, 0.6) is 0 Å². The van der Waals surface area contributed by atoms with Crippen LogP contribution in [0.4, 0.5) is 0 Å². The molecule has 1 aliphatic heterocycles.